The second-order valence-electron chi connectivity index (χ2n) is 11.0. The van der Waals surface area contributed by atoms with Crippen LogP contribution < -0.4 is 24.8 Å². The molecule has 3 N–H and O–H groups in total. The van der Waals surface area contributed by atoms with Crippen LogP contribution >= 0.6 is 0 Å². The molecule has 12 nitrogen and oxygen atoms in total. The number of benzene rings is 3. The van der Waals surface area contributed by atoms with E-state index in [1.807, 2.05) is 6.92 Å². The van der Waals surface area contributed by atoms with Crippen LogP contribution in [0.25, 0.3) is 0 Å². The van der Waals surface area contributed by atoms with E-state index in [-0.39, 0.29) is 49.6 Å². The van der Waals surface area contributed by atoms with Gasteiger partial charge in [0, 0.05) is 42.5 Å². The first-order valence-electron chi connectivity index (χ1n) is 14.2. The highest BCUT2D eigenvalue weighted by atomic mass is 32.2. The van der Waals surface area contributed by atoms with E-state index in [9.17, 15) is 23.1 Å². The number of sulfonamides is 1. The summed E-state index contributed by atoms with van der Waals surface area (Å²) in [5.74, 6) is 1.01. The second-order valence-corrected chi connectivity index (χ2v) is 13.0. The van der Waals surface area contributed by atoms with Crippen LogP contribution in [0.3, 0.4) is 0 Å². The Morgan fingerprint density at radius 3 is 2.39 bits per heavy atom. The number of hydrogen-bond donors (Lipinski definition) is 3. The maximum atomic E-state index is 13.5. The van der Waals surface area contributed by atoms with Crippen molar-refractivity contribution in [2.75, 3.05) is 44.2 Å². The Morgan fingerprint density at radius 2 is 1.68 bits per heavy atom. The van der Waals surface area contributed by atoms with Crippen LogP contribution in [0.1, 0.15) is 19.4 Å². The molecule has 0 fully saturated rings. The quantitative estimate of drug-likeness (QED) is 0.345. The molecule has 5 rings (SSSR count). The zero-order chi connectivity index (χ0) is 31.4. The Hall–Kier alpha value is -4.33. The van der Waals surface area contributed by atoms with E-state index >= 15 is 0 Å². The molecule has 3 aromatic carbocycles. The van der Waals surface area contributed by atoms with Crippen molar-refractivity contribution in [1.82, 2.24) is 9.21 Å². The van der Waals surface area contributed by atoms with Gasteiger partial charge in [-0.2, -0.15) is 4.31 Å². The van der Waals surface area contributed by atoms with Crippen molar-refractivity contribution in [1.29, 1.82) is 0 Å². The van der Waals surface area contributed by atoms with E-state index in [1.165, 1.54) is 23.5 Å². The molecule has 234 valence electrons. The fraction of sp³-hybridized carbons (Fsp3) is 0.355. The first-order chi connectivity index (χ1) is 21.0. The second kappa shape index (κ2) is 13.1. The fourth-order valence-corrected chi connectivity index (χ4v) is 6.32. The normalized spacial score (nSPS) is 18.8. The minimum Gasteiger partial charge on any atom is -0.488 e. The molecule has 0 saturated heterocycles. The Morgan fingerprint density at radius 1 is 1.02 bits per heavy atom. The molecule has 3 atom stereocenters. The van der Waals surface area contributed by atoms with Crippen LogP contribution in [0.2, 0.25) is 0 Å². The summed E-state index contributed by atoms with van der Waals surface area (Å²) in [6.07, 6.45) is -0.680. The van der Waals surface area contributed by atoms with Gasteiger partial charge in [-0.3, -0.25) is 4.79 Å². The first kappa shape index (κ1) is 31.1. The summed E-state index contributed by atoms with van der Waals surface area (Å²) in [5, 5.41) is 15.4. The van der Waals surface area contributed by atoms with Crippen molar-refractivity contribution in [3.05, 3.63) is 72.3 Å². The third-order valence-electron chi connectivity index (χ3n) is 7.69. The number of aliphatic hydroxyl groups excluding tert-OH is 1. The van der Waals surface area contributed by atoms with Crippen molar-refractivity contribution >= 4 is 33.3 Å². The van der Waals surface area contributed by atoms with E-state index in [4.69, 9.17) is 14.2 Å². The number of amides is 3. The molecule has 0 saturated carbocycles. The smallest absolute Gasteiger partial charge is 0.323 e. The molecule has 44 heavy (non-hydrogen) atoms. The van der Waals surface area contributed by atoms with Crippen LogP contribution in [-0.4, -0.2) is 80.4 Å². The number of urea groups is 1. The molecule has 0 aromatic heterocycles. The van der Waals surface area contributed by atoms with Gasteiger partial charge in [0.05, 0.1) is 30.5 Å². The van der Waals surface area contributed by atoms with Crippen LogP contribution in [0, 0.1) is 5.92 Å². The molecule has 2 aliphatic rings. The van der Waals surface area contributed by atoms with Gasteiger partial charge >= 0.3 is 6.03 Å². The molecular weight excluding hydrogens is 588 g/mol. The number of ether oxygens (including phenoxy) is 3. The molecule has 0 radical (unpaired) electrons. The molecule has 0 aliphatic carbocycles. The van der Waals surface area contributed by atoms with Crippen molar-refractivity contribution in [3.8, 4) is 17.2 Å². The number of carbonyl (C=O) groups is 2. The van der Waals surface area contributed by atoms with E-state index in [2.05, 4.69) is 10.6 Å². The lowest BCUT2D eigenvalue weighted by Gasteiger charge is -2.33. The van der Waals surface area contributed by atoms with Crippen LogP contribution in [0.4, 0.5) is 16.2 Å². The van der Waals surface area contributed by atoms with Gasteiger partial charge in [-0.15, -0.1) is 0 Å². The number of likely N-dealkylation sites (N-methyl/N-ethyl adjacent to an activating group) is 1. The van der Waals surface area contributed by atoms with Crippen molar-refractivity contribution in [2.45, 2.75) is 37.3 Å². The average molecular weight is 625 g/mol. The largest absolute Gasteiger partial charge is 0.488 e. The minimum absolute atomic E-state index is 0.0192. The summed E-state index contributed by atoms with van der Waals surface area (Å²) < 4.78 is 45.0. The summed E-state index contributed by atoms with van der Waals surface area (Å²) in [4.78, 5) is 28.1. The average Bonchev–Trinajstić information content (AvgIpc) is 3.49. The lowest BCUT2D eigenvalue weighted by molar-refractivity contribution is -0.134. The Kier molecular flexibility index (Phi) is 9.28. The maximum Gasteiger partial charge on any atom is 0.323 e. The maximum absolute atomic E-state index is 13.5. The Balaban J connectivity index is 1.39. The minimum atomic E-state index is -3.80. The third-order valence-corrected chi connectivity index (χ3v) is 9.53. The molecule has 0 spiro atoms. The van der Waals surface area contributed by atoms with Gasteiger partial charge in [0.2, 0.25) is 22.7 Å². The molecule has 2 aliphatic heterocycles. The number of hydrogen-bond acceptors (Lipinski definition) is 8. The molecule has 13 heteroatoms. The number of fused-ring (bicyclic) bond motifs is 2. The van der Waals surface area contributed by atoms with E-state index in [0.717, 1.165) is 0 Å². The molecule has 0 unspecified atom stereocenters. The SMILES string of the molecule is C[C@@H]1CN([C@@H](C)CO)C(=O)Cc2cc(NC(=O)Nc3ccc4c(c3)OCO4)ccc2O[C@@H]1CN(C)S(=O)(=O)c1ccccc1. The number of aliphatic hydroxyl groups is 1. The zero-order valence-electron chi connectivity index (χ0n) is 24.7. The van der Waals surface area contributed by atoms with Gasteiger partial charge in [0.15, 0.2) is 11.5 Å². The highest BCUT2D eigenvalue weighted by molar-refractivity contribution is 7.89. The zero-order valence-corrected chi connectivity index (χ0v) is 25.5. The standard InChI is InChI=1S/C31H36N4O8S/c1-20-16-35(21(2)18-36)30(37)14-22-13-23(32-31(38)33-24-10-12-27-28(15-24)42-19-41-27)9-11-26(22)43-29(20)17-34(3)44(39,40)25-7-5-4-6-8-25/h4-13,15,20-21,29,36H,14,16-19H2,1-3H3,(H2,32,33,38)/t20-,21+,29-/m1/s1. The summed E-state index contributed by atoms with van der Waals surface area (Å²) >= 11 is 0. The molecule has 2 heterocycles. The molecule has 3 aromatic rings. The Bertz CT molecular complexity index is 1620. The Labute approximate surface area is 256 Å². The van der Waals surface area contributed by atoms with Crippen molar-refractivity contribution in [3.63, 3.8) is 0 Å². The van der Waals surface area contributed by atoms with Gasteiger partial charge < -0.3 is 34.9 Å². The van der Waals surface area contributed by atoms with Crippen molar-refractivity contribution < 1.29 is 37.3 Å². The predicted molar refractivity (Wildman–Crippen MR) is 163 cm³/mol. The number of nitrogens with one attached hydrogen (secondary N) is 2. The molecule has 3 amide bonds. The van der Waals surface area contributed by atoms with Crippen molar-refractivity contribution in [2.24, 2.45) is 5.92 Å². The number of carbonyl (C=O) groups excluding carboxylic acids is 2. The lowest BCUT2D eigenvalue weighted by Crippen LogP contribution is -2.48. The van der Waals surface area contributed by atoms with E-state index < -0.39 is 28.2 Å². The van der Waals surface area contributed by atoms with E-state index in [0.29, 0.717) is 34.2 Å². The van der Waals surface area contributed by atoms with Gasteiger partial charge in [-0.25, -0.2) is 13.2 Å². The fourth-order valence-electron chi connectivity index (χ4n) is 5.12. The van der Waals surface area contributed by atoms with Crippen LogP contribution in [-0.2, 0) is 21.2 Å². The van der Waals surface area contributed by atoms with Gasteiger partial charge in [-0.1, -0.05) is 25.1 Å². The third kappa shape index (κ3) is 6.90. The van der Waals surface area contributed by atoms with Crippen LogP contribution in [0.15, 0.2) is 71.6 Å². The number of nitrogens with zero attached hydrogens (tertiary/aromatic N) is 2. The highest BCUT2D eigenvalue weighted by Crippen LogP contribution is 2.34. The number of anilines is 2. The summed E-state index contributed by atoms with van der Waals surface area (Å²) in [5.41, 5.74) is 1.44. The molecule has 0 bridgehead atoms. The van der Waals surface area contributed by atoms with Gasteiger partial charge in [0.1, 0.15) is 11.9 Å². The van der Waals surface area contributed by atoms with Crippen LogP contribution in [0.5, 0.6) is 17.2 Å². The summed E-state index contributed by atoms with van der Waals surface area (Å²) in [6.45, 7) is 3.80. The topological polar surface area (TPSA) is 147 Å². The molecular formula is C31H36N4O8S. The summed E-state index contributed by atoms with van der Waals surface area (Å²) in [6, 6.07) is 17.2. The number of rotatable bonds is 8. The first-order valence-corrected chi connectivity index (χ1v) is 15.7. The summed E-state index contributed by atoms with van der Waals surface area (Å²) in [7, 11) is -2.30. The van der Waals surface area contributed by atoms with E-state index in [1.54, 1.807) is 66.4 Å². The lowest BCUT2D eigenvalue weighted by atomic mass is 10.0. The van der Waals surface area contributed by atoms with Gasteiger partial charge in [0.25, 0.3) is 0 Å². The highest BCUT2D eigenvalue weighted by Gasteiger charge is 2.33. The van der Waals surface area contributed by atoms with Gasteiger partial charge in [-0.05, 0) is 49.4 Å². The monoisotopic (exact) mass is 624 g/mol. The predicted octanol–water partition coefficient (Wildman–Crippen LogP) is 3.53.